The first-order valence-corrected chi connectivity index (χ1v) is 2.88. The number of phenolic OH excluding ortho intramolecular Hbond substituents is 1. The molecule has 1 rings (SSSR count). The molecule has 1 N–H and O–H groups in total. The number of benzene rings is 1. The number of rotatable bonds is 0. The summed E-state index contributed by atoms with van der Waals surface area (Å²) < 4.78 is 47.8. The van der Waals surface area contributed by atoms with Crippen molar-refractivity contribution in [2.24, 2.45) is 0 Å². The summed E-state index contributed by atoms with van der Waals surface area (Å²) >= 11 is 0. The molecule has 0 atom stereocenters. The first-order valence-electron chi connectivity index (χ1n) is 2.88. The van der Waals surface area contributed by atoms with Crippen LogP contribution in [0.4, 0.5) is 17.6 Å². The van der Waals surface area contributed by atoms with Gasteiger partial charge in [0.25, 0.3) is 0 Å². The van der Waals surface area contributed by atoms with Crippen LogP contribution >= 0.6 is 0 Å². The molecule has 1 nitrogen and oxygen atoms in total. The molecule has 5 heteroatoms. The molecular formula is C7H3F4O. The van der Waals surface area contributed by atoms with Gasteiger partial charge in [-0.1, -0.05) is 0 Å². The van der Waals surface area contributed by atoms with Gasteiger partial charge in [0.05, 0.1) is 5.56 Å². The van der Waals surface area contributed by atoms with Gasteiger partial charge >= 0.3 is 6.18 Å². The maximum Gasteiger partial charge on any atom is 0.417 e. The van der Waals surface area contributed by atoms with E-state index in [9.17, 15) is 17.6 Å². The number of halogens is 4. The van der Waals surface area contributed by atoms with Crippen LogP contribution in [-0.4, -0.2) is 5.11 Å². The Morgan fingerprint density at radius 1 is 1.25 bits per heavy atom. The Labute approximate surface area is 65.3 Å². The molecule has 0 amide bonds. The minimum absolute atomic E-state index is 0.406. The zero-order valence-electron chi connectivity index (χ0n) is 5.61. The van der Waals surface area contributed by atoms with Gasteiger partial charge < -0.3 is 5.11 Å². The average Bonchev–Trinajstić information content (AvgIpc) is 1.82. The van der Waals surface area contributed by atoms with Crippen LogP contribution in [0.1, 0.15) is 5.56 Å². The van der Waals surface area contributed by atoms with Crippen molar-refractivity contribution in [3.63, 3.8) is 0 Å². The summed E-state index contributed by atoms with van der Waals surface area (Å²) in [5.41, 5.74) is -1.32. The van der Waals surface area contributed by atoms with E-state index in [-0.39, 0.29) is 0 Å². The molecule has 0 aliphatic heterocycles. The molecule has 1 aromatic carbocycles. The van der Waals surface area contributed by atoms with Gasteiger partial charge in [-0.2, -0.15) is 13.2 Å². The van der Waals surface area contributed by atoms with Gasteiger partial charge in [-0.05, 0) is 6.07 Å². The van der Waals surface area contributed by atoms with Crippen molar-refractivity contribution in [2.45, 2.75) is 6.18 Å². The molecule has 0 saturated carbocycles. The van der Waals surface area contributed by atoms with Crippen LogP contribution in [0.3, 0.4) is 0 Å². The van der Waals surface area contributed by atoms with E-state index in [1.807, 2.05) is 0 Å². The molecule has 0 spiro atoms. The van der Waals surface area contributed by atoms with E-state index in [1.54, 1.807) is 0 Å². The van der Waals surface area contributed by atoms with Crippen molar-refractivity contribution in [1.82, 2.24) is 0 Å². The second-order valence-corrected chi connectivity index (χ2v) is 2.10. The first-order chi connectivity index (χ1) is 5.39. The predicted molar refractivity (Wildman–Crippen MR) is 31.9 cm³/mol. The molecule has 0 unspecified atom stereocenters. The molecule has 0 aromatic heterocycles. The highest BCUT2D eigenvalue weighted by atomic mass is 19.4. The fraction of sp³-hybridized carbons (Fsp3) is 0.143. The van der Waals surface area contributed by atoms with Gasteiger partial charge in [0.1, 0.15) is 11.6 Å². The molecule has 0 saturated heterocycles. The Kier molecular flexibility index (Phi) is 1.95. The molecule has 0 aliphatic rings. The average molecular weight is 179 g/mol. The van der Waals surface area contributed by atoms with E-state index in [4.69, 9.17) is 5.11 Å². The Hall–Kier alpha value is -1.26. The maximum absolute atomic E-state index is 12.2. The van der Waals surface area contributed by atoms with Gasteiger partial charge in [-0.25, -0.2) is 4.39 Å². The van der Waals surface area contributed by atoms with E-state index in [0.717, 1.165) is 0 Å². The number of hydrogen-bond donors (Lipinski definition) is 1. The van der Waals surface area contributed by atoms with Crippen LogP contribution in [0, 0.1) is 11.9 Å². The molecule has 1 aromatic rings. The van der Waals surface area contributed by atoms with Gasteiger partial charge in [-0.15, -0.1) is 0 Å². The lowest BCUT2D eigenvalue weighted by Gasteiger charge is -2.05. The summed E-state index contributed by atoms with van der Waals surface area (Å²) in [5, 5.41) is 8.60. The van der Waals surface area contributed by atoms with Crippen molar-refractivity contribution in [1.29, 1.82) is 0 Å². The molecule has 65 valence electrons. The van der Waals surface area contributed by atoms with E-state index in [2.05, 4.69) is 0 Å². The highest BCUT2D eigenvalue weighted by molar-refractivity contribution is 5.28. The fourth-order valence-electron chi connectivity index (χ4n) is 0.673. The third kappa shape index (κ3) is 1.87. The lowest BCUT2D eigenvalue weighted by Crippen LogP contribution is -2.05. The summed E-state index contributed by atoms with van der Waals surface area (Å²) in [4.78, 5) is 0. The molecule has 1 radical (unpaired) electrons. The summed E-state index contributed by atoms with van der Waals surface area (Å²) in [6, 6.07) is 2.39. The summed E-state index contributed by atoms with van der Waals surface area (Å²) in [6.07, 6.45) is -4.68. The molecule has 0 aliphatic carbocycles. The van der Waals surface area contributed by atoms with Crippen LogP contribution < -0.4 is 0 Å². The number of aromatic hydroxyl groups is 1. The van der Waals surface area contributed by atoms with E-state index in [1.165, 1.54) is 6.07 Å². The van der Waals surface area contributed by atoms with Crippen molar-refractivity contribution >= 4 is 0 Å². The normalized spacial score (nSPS) is 11.7. The third-order valence-corrected chi connectivity index (χ3v) is 1.13. The van der Waals surface area contributed by atoms with Crippen molar-refractivity contribution in [2.75, 3.05) is 0 Å². The van der Waals surface area contributed by atoms with E-state index < -0.39 is 23.3 Å². The van der Waals surface area contributed by atoms with Crippen LogP contribution in [0.25, 0.3) is 0 Å². The van der Waals surface area contributed by atoms with Crippen molar-refractivity contribution in [3.8, 4) is 5.75 Å². The van der Waals surface area contributed by atoms with Crippen molar-refractivity contribution < 1.29 is 22.7 Å². The fourth-order valence-corrected chi connectivity index (χ4v) is 0.673. The second kappa shape index (κ2) is 2.66. The van der Waals surface area contributed by atoms with E-state index >= 15 is 0 Å². The number of hydrogen-bond acceptors (Lipinski definition) is 1. The molecule has 0 heterocycles. The summed E-state index contributed by atoms with van der Waals surface area (Å²) in [7, 11) is 0. The Morgan fingerprint density at radius 3 is 2.25 bits per heavy atom. The minimum atomic E-state index is -4.68. The van der Waals surface area contributed by atoms with Gasteiger partial charge in [0.15, 0.2) is 0 Å². The Morgan fingerprint density at radius 2 is 1.83 bits per heavy atom. The standard InChI is InChI=1S/C7H3F4O/c8-5-1-4(7(9,10)11)2-6(12)3-5/h2-3,12H. The van der Waals surface area contributed by atoms with Crippen LogP contribution in [-0.2, 0) is 6.18 Å². The zero-order valence-corrected chi connectivity index (χ0v) is 5.61. The lowest BCUT2D eigenvalue weighted by atomic mass is 10.2. The van der Waals surface area contributed by atoms with Gasteiger partial charge in [0, 0.05) is 12.1 Å². The van der Waals surface area contributed by atoms with Crippen LogP contribution in [0.15, 0.2) is 12.1 Å². The van der Waals surface area contributed by atoms with E-state index in [0.29, 0.717) is 12.1 Å². The van der Waals surface area contributed by atoms with Gasteiger partial charge in [0.2, 0.25) is 0 Å². The highest BCUT2D eigenvalue weighted by Gasteiger charge is 2.31. The smallest absolute Gasteiger partial charge is 0.417 e. The molecule has 0 fully saturated rings. The molecule has 12 heavy (non-hydrogen) atoms. The molecular weight excluding hydrogens is 176 g/mol. The summed E-state index contributed by atoms with van der Waals surface area (Å²) in [5.74, 6) is -2.00. The summed E-state index contributed by atoms with van der Waals surface area (Å²) in [6.45, 7) is 0. The molecule has 0 bridgehead atoms. The minimum Gasteiger partial charge on any atom is -0.508 e. The number of alkyl halides is 3. The Balaban J connectivity index is 3.18. The third-order valence-electron chi connectivity index (χ3n) is 1.13. The quantitative estimate of drug-likeness (QED) is 0.606. The lowest BCUT2D eigenvalue weighted by molar-refractivity contribution is -0.138. The topological polar surface area (TPSA) is 20.2 Å². The first kappa shape index (κ1) is 8.83. The Bertz CT molecular complexity index is 272. The van der Waals surface area contributed by atoms with Gasteiger partial charge in [-0.3, -0.25) is 0 Å². The van der Waals surface area contributed by atoms with Crippen LogP contribution in [0.2, 0.25) is 0 Å². The second-order valence-electron chi connectivity index (χ2n) is 2.10. The highest BCUT2D eigenvalue weighted by Crippen LogP contribution is 2.31. The monoisotopic (exact) mass is 179 g/mol. The van der Waals surface area contributed by atoms with Crippen LogP contribution in [0.5, 0.6) is 5.75 Å². The maximum atomic E-state index is 12.2. The zero-order chi connectivity index (χ0) is 9.35. The largest absolute Gasteiger partial charge is 0.508 e. The number of phenols is 1. The SMILES string of the molecule is Oc1cc(F)[c]c(C(F)(F)F)c1. The van der Waals surface area contributed by atoms with Crippen molar-refractivity contribution in [3.05, 3.63) is 29.6 Å². The predicted octanol–water partition coefficient (Wildman–Crippen LogP) is 2.35.